The molecular formula is C20H33N7O9. The lowest BCUT2D eigenvalue weighted by atomic mass is 10.1. The number of nitrogens with zero attached hydrogens (tertiary/aromatic N) is 2. The van der Waals surface area contributed by atoms with Gasteiger partial charge in [-0.05, 0) is 32.1 Å². The predicted molar refractivity (Wildman–Crippen MR) is 123 cm³/mol. The Kier molecular flexibility index (Phi) is 12.1. The van der Waals surface area contributed by atoms with Crippen LogP contribution in [0.5, 0.6) is 0 Å². The lowest BCUT2D eigenvalue weighted by molar-refractivity contribution is -0.145. The van der Waals surface area contributed by atoms with Gasteiger partial charge in [0.05, 0.1) is 12.5 Å². The van der Waals surface area contributed by atoms with Crippen molar-refractivity contribution in [3.8, 4) is 0 Å². The van der Waals surface area contributed by atoms with Crippen LogP contribution >= 0.6 is 0 Å². The quantitative estimate of drug-likeness (QED) is 0.0606. The van der Waals surface area contributed by atoms with Crippen molar-refractivity contribution in [2.45, 2.75) is 69.1 Å². The highest BCUT2D eigenvalue weighted by molar-refractivity contribution is 5.95. The van der Waals surface area contributed by atoms with Crippen LogP contribution in [0.2, 0.25) is 0 Å². The van der Waals surface area contributed by atoms with Crippen LogP contribution in [-0.2, 0) is 28.8 Å². The molecule has 16 heteroatoms. The van der Waals surface area contributed by atoms with E-state index in [0.717, 1.165) is 0 Å². The zero-order valence-electron chi connectivity index (χ0n) is 19.6. The number of likely N-dealkylation sites (tertiary alicyclic amines) is 1. The van der Waals surface area contributed by atoms with Gasteiger partial charge in [-0.15, -0.1) is 0 Å². The molecule has 36 heavy (non-hydrogen) atoms. The lowest BCUT2D eigenvalue weighted by Gasteiger charge is -2.30. The number of aliphatic carboxylic acids is 3. The second-order valence-electron chi connectivity index (χ2n) is 8.24. The standard InChI is InChI=1S/C20H33N7O9/c21-10(9-15(30)31)16(32)25-11(3-1-7-24-20(22)23)18(34)27-8-2-4-13(27)17(33)26-12(19(35)36)5-6-14(28)29/h10-13H,1-9,21H2,(H,25,32)(H,26,33)(H,28,29)(H,30,31)(H,35,36)(H4,22,23,24). The Hall–Kier alpha value is -3.95. The molecule has 0 bridgehead atoms. The fourth-order valence-electron chi connectivity index (χ4n) is 3.62. The number of carbonyl (C=O) groups excluding carboxylic acids is 3. The number of nitrogens with two attached hydrogens (primary N) is 3. The van der Waals surface area contributed by atoms with E-state index in [1.165, 1.54) is 4.90 Å². The van der Waals surface area contributed by atoms with E-state index in [-0.39, 0.29) is 44.7 Å². The third-order valence-electron chi connectivity index (χ3n) is 5.39. The van der Waals surface area contributed by atoms with Gasteiger partial charge in [-0.25, -0.2) is 4.79 Å². The minimum absolute atomic E-state index is 0.0440. The molecule has 1 rings (SSSR count). The van der Waals surface area contributed by atoms with E-state index in [4.69, 9.17) is 27.4 Å². The summed E-state index contributed by atoms with van der Waals surface area (Å²) in [6, 6.07) is -5.11. The summed E-state index contributed by atoms with van der Waals surface area (Å²) in [6.07, 6.45) is -0.554. The molecule has 202 valence electrons. The number of rotatable bonds is 15. The maximum absolute atomic E-state index is 13.3. The molecule has 3 amide bonds. The summed E-state index contributed by atoms with van der Waals surface area (Å²) in [5.74, 6) is -6.42. The Morgan fingerprint density at radius 1 is 0.972 bits per heavy atom. The van der Waals surface area contributed by atoms with Crippen LogP contribution < -0.4 is 27.8 Å². The van der Waals surface area contributed by atoms with Crippen molar-refractivity contribution in [3.05, 3.63) is 0 Å². The number of nitrogens with one attached hydrogen (secondary N) is 2. The van der Waals surface area contributed by atoms with Crippen molar-refractivity contribution in [2.24, 2.45) is 22.2 Å². The smallest absolute Gasteiger partial charge is 0.326 e. The monoisotopic (exact) mass is 515 g/mol. The average molecular weight is 516 g/mol. The summed E-state index contributed by atoms with van der Waals surface area (Å²) in [5.41, 5.74) is 16.1. The summed E-state index contributed by atoms with van der Waals surface area (Å²) in [4.78, 5) is 76.5. The minimum atomic E-state index is -1.46. The molecule has 16 nitrogen and oxygen atoms in total. The summed E-state index contributed by atoms with van der Waals surface area (Å²) in [5, 5.41) is 31.6. The van der Waals surface area contributed by atoms with Crippen molar-refractivity contribution in [3.63, 3.8) is 0 Å². The Morgan fingerprint density at radius 2 is 1.64 bits per heavy atom. The van der Waals surface area contributed by atoms with E-state index in [1.54, 1.807) is 0 Å². The third kappa shape index (κ3) is 10.1. The zero-order chi connectivity index (χ0) is 27.4. The maximum atomic E-state index is 13.3. The van der Waals surface area contributed by atoms with Crippen molar-refractivity contribution in [2.75, 3.05) is 13.1 Å². The molecule has 1 aliphatic heterocycles. The number of carboxylic acids is 3. The summed E-state index contributed by atoms with van der Waals surface area (Å²) >= 11 is 0. The van der Waals surface area contributed by atoms with Gasteiger partial charge < -0.3 is 48.1 Å². The SMILES string of the molecule is NC(N)=NCCCC(NC(=O)C(N)CC(=O)O)C(=O)N1CCCC1C(=O)NC(CCC(=O)O)C(=O)O. The summed E-state index contributed by atoms with van der Waals surface area (Å²) < 4.78 is 0. The zero-order valence-corrected chi connectivity index (χ0v) is 19.6. The molecule has 1 heterocycles. The van der Waals surface area contributed by atoms with E-state index in [2.05, 4.69) is 15.6 Å². The number of hydrogen-bond acceptors (Lipinski definition) is 8. The highest BCUT2D eigenvalue weighted by Crippen LogP contribution is 2.20. The number of aliphatic imine (C=N–C) groups is 1. The first kappa shape index (κ1) is 30.1. The van der Waals surface area contributed by atoms with Crippen molar-refractivity contribution in [1.82, 2.24) is 15.5 Å². The Bertz CT molecular complexity index is 876. The van der Waals surface area contributed by atoms with Crippen molar-refractivity contribution < 1.29 is 44.1 Å². The van der Waals surface area contributed by atoms with Gasteiger partial charge in [0.1, 0.15) is 18.1 Å². The van der Waals surface area contributed by atoms with Gasteiger partial charge >= 0.3 is 17.9 Å². The number of hydrogen-bond donors (Lipinski definition) is 8. The molecule has 0 aromatic carbocycles. The van der Waals surface area contributed by atoms with E-state index in [9.17, 15) is 33.9 Å². The average Bonchev–Trinajstić information content (AvgIpc) is 3.27. The van der Waals surface area contributed by atoms with E-state index in [1.807, 2.05) is 0 Å². The number of carbonyl (C=O) groups is 6. The summed E-state index contributed by atoms with van der Waals surface area (Å²) in [6.45, 7) is 0.280. The van der Waals surface area contributed by atoms with Gasteiger partial charge in [0.15, 0.2) is 5.96 Å². The molecule has 0 saturated carbocycles. The Balaban J connectivity index is 2.99. The molecule has 0 aromatic rings. The predicted octanol–water partition coefficient (Wildman–Crippen LogP) is -3.25. The summed E-state index contributed by atoms with van der Waals surface area (Å²) in [7, 11) is 0. The van der Waals surface area contributed by atoms with Gasteiger partial charge in [0.2, 0.25) is 17.7 Å². The molecular weight excluding hydrogens is 482 g/mol. The number of amides is 3. The molecule has 4 atom stereocenters. The second-order valence-corrected chi connectivity index (χ2v) is 8.24. The van der Waals surface area contributed by atoms with Crippen molar-refractivity contribution in [1.29, 1.82) is 0 Å². The van der Waals surface area contributed by atoms with Gasteiger partial charge in [0.25, 0.3) is 0 Å². The van der Waals surface area contributed by atoms with Gasteiger partial charge in [0, 0.05) is 19.5 Å². The van der Waals surface area contributed by atoms with Crippen LogP contribution in [0.4, 0.5) is 0 Å². The molecule has 1 saturated heterocycles. The first-order valence-electron chi connectivity index (χ1n) is 11.2. The maximum Gasteiger partial charge on any atom is 0.326 e. The fourth-order valence-corrected chi connectivity index (χ4v) is 3.62. The van der Waals surface area contributed by atoms with Gasteiger partial charge in [-0.1, -0.05) is 0 Å². The second kappa shape index (κ2) is 14.4. The molecule has 0 spiro atoms. The molecule has 1 fully saturated rings. The fraction of sp³-hybridized carbons (Fsp3) is 0.650. The van der Waals surface area contributed by atoms with Crippen LogP contribution in [0.15, 0.2) is 4.99 Å². The van der Waals surface area contributed by atoms with Crippen molar-refractivity contribution >= 4 is 41.6 Å². The first-order valence-corrected chi connectivity index (χ1v) is 11.2. The molecule has 0 radical (unpaired) electrons. The molecule has 4 unspecified atom stereocenters. The number of carboxylic acid groups (broad SMARTS) is 3. The third-order valence-corrected chi connectivity index (χ3v) is 5.39. The molecule has 0 aliphatic carbocycles. The van der Waals surface area contributed by atoms with Crippen LogP contribution in [0.25, 0.3) is 0 Å². The lowest BCUT2D eigenvalue weighted by Crippen LogP contribution is -2.57. The Labute approximate surface area is 206 Å². The molecule has 0 aromatic heterocycles. The highest BCUT2D eigenvalue weighted by atomic mass is 16.4. The highest BCUT2D eigenvalue weighted by Gasteiger charge is 2.39. The van der Waals surface area contributed by atoms with E-state index >= 15 is 0 Å². The largest absolute Gasteiger partial charge is 0.481 e. The topological polar surface area (TPSA) is 281 Å². The van der Waals surface area contributed by atoms with E-state index < -0.39 is 72.6 Å². The Morgan fingerprint density at radius 3 is 2.19 bits per heavy atom. The molecule has 11 N–H and O–H groups in total. The molecule has 1 aliphatic rings. The van der Waals surface area contributed by atoms with E-state index in [0.29, 0.717) is 6.42 Å². The first-order chi connectivity index (χ1) is 16.8. The van der Waals surface area contributed by atoms with Crippen LogP contribution in [0.3, 0.4) is 0 Å². The van der Waals surface area contributed by atoms with Crippen LogP contribution in [0.1, 0.15) is 44.9 Å². The van der Waals surface area contributed by atoms with Gasteiger partial charge in [-0.3, -0.25) is 29.0 Å². The normalized spacial score (nSPS) is 17.4. The van der Waals surface area contributed by atoms with Crippen LogP contribution in [0, 0.1) is 0 Å². The minimum Gasteiger partial charge on any atom is -0.481 e. The van der Waals surface area contributed by atoms with Gasteiger partial charge in [-0.2, -0.15) is 0 Å². The number of guanidine groups is 1. The van der Waals surface area contributed by atoms with Crippen LogP contribution in [-0.4, -0.2) is 99.1 Å².